The molecule has 0 aliphatic heterocycles. The molecule has 21 heavy (non-hydrogen) atoms. The van der Waals surface area contributed by atoms with Gasteiger partial charge in [0.15, 0.2) is 6.10 Å². The molecule has 0 heterocycles. The molecule has 5 heteroatoms. The summed E-state index contributed by atoms with van der Waals surface area (Å²) in [4.78, 5) is 11.7. The van der Waals surface area contributed by atoms with Gasteiger partial charge in [-0.2, -0.15) is 0 Å². The molecule has 0 spiro atoms. The number of benzene rings is 1. The Morgan fingerprint density at radius 2 is 2.05 bits per heavy atom. The van der Waals surface area contributed by atoms with Gasteiger partial charge in [0.05, 0.1) is 0 Å². The summed E-state index contributed by atoms with van der Waals surface area (Å²) in [6.07, 6.45) is -0.498. The molecular weight excluding hydrogens is 332 g/mol. The first-order valence-corrected chi connectivity index (χ1v) is 8.16. The van der Waals surface area contributed by atoms with Gasteiger partial charge in [0.1, 0.15) is 5.75 Å². The molecule has 1 aromatic carbocycles. The maximum atomic E-state index is 11.7. The molecule has 0 radical (unpaired) electrons. The summed E-state index contributed by atoms with van der Waals surface area (Å²) in [6, 6.07) is 5.78. The Labute approximate surface area is 135 Å². The molecular formula is C16H25BrN2O2. The number of amides is 1. The van der Waals surface area contributed by atoms with Crippen molar-refractivity contribution in [3.8, 4) is 5.75 Å². The van der Waals surface area contributed by atoms with Crippen molar-refractivity contribution in [2.75, 3.05) is 13.1 Å². The second kappa shape index (κ2) is 9.05. The minimum Gasteiger partial charge on any atom is -0.481 e. The molecule has 4 nitrogen and oxygen atoms in total. The average molecular weight is 357 g/mol. The predicted molar refractivity (Wildman–Crippen MR) is 89.5 cm³/mol. The molecule has 0 aliphatic rings. The van der Waals surface area contributed by atoms with Crippen LogP contribution < -0.4 is 15.4 Å². The number of likely N-dealkylation sites (N-methyl/N-ethyl adjacent to an activating group) is 1. The van der Waals surface area contributed by atoms with E-state index in [-0.39, 0.29) is 5.91 Å². The third kappa shape index (κ3) is 6.48. The van der Waals surface area contributed by atoms with E-state index in [0.717, 1.165) is 23.1 Å². The molecule has 0 bridgehead atoms. The second-order valence-electron chi connectivity index (χ2n) is 5.43. The van der Waals surface area contributed by atoms with Crippen LogP contribution in [-0.2, 0) is 11.3 Å². The number of halogens is 1. The molecule has 1 aromatic rings. The molecule has 1 unspecified atom stereocenters. The lowest BCUT2D eigenvalue weighted by Gasteiger charge is -2.16. The number of ether oxygens (including phenoxy) is 1. The highest BCUT2D eigenvalue weighted by atomic mass is 79.9. The van der Waals surface area contributed by atoms with Gasteiger partial charge in [-0.3, -0.25) is 4.79 Å². The van der Waals surface area contributed by atoms with Crippen LogP contribution in [0.1, 0.15) is 33.3 Å². The lowest BCUT2D eigenvalue weighted by molar-refractivity contribution is -0.127. The van der Waals surface area contributed by atoms with Gasteiger partial charge in [0, 0.05) is 17.6 Å². The second-order valence-corrected chi connectivity index (χ2v) is 6.29. The number of hydrogen-bond donors (Lipinski definition) is 2. The zero-order chi connectivity index (χ0) is 15.8. The van der Waals surface area contributed by atoms with Crippen LogP contribution in [0, 0.1) is 5.92 Å². The van der Waals surface area contributed by atoms with E-state index in [9.17, 15) is 4.79 Å². The number of nitrogens with one attached hydrogen (secondary N) is 2. The Morgan fingerprint density at radius 3 is 2.67 bits per heavy atom. The summed E-state index contributed by atoms with van der Waals surface area (Å²) in [5, 5.41) is 6.15. The van der Waals surface area contributed by atoms with Crippen molar-refractivity contribution in [1.82, 2.24) is 10.6 Å². The number of carbonyl (C=O) groups excluding carboxylic acids is 1. The third-order valence-electron chi connectivity index (χ3n) is 2.92. The van der Waals surface area contributed by atoms with E-state index in [2.05, 4.69) is 40.4 Å². The van der Waals surface area contributed by atoms with E-state index in [0.29, 0.717) is 18.2 Å². The van der Waals surface area contributed by atoms with Crippen molar-refractivity contribution in [1.29, 1.82) is 0 Å². The van der Waals surface area contributed by atoms with Crippen LogP contribution in [0.2, 0.25) is 0 Å². The molecule has 2 N–H and O–H groups in total. The Kier molecular flexibility index (Phi) is 7.75. The van der Waals surface area contributed by atoms with E-state index in [1.165, 1.54) is 0 Å². The summed E-state index contributed by atoms with van der Waals surface area (Å²) < 4.78 is 6.73. The van der Waals surface area contributed by atoms with E-state index < -0.39 is 6.10 Å². The normalized spacial score (nSPS) is 12.3. The first-order chi connectivity index (χ1) is 9.93. The van der Waals surface area contributed by atoms with E-state index in [1.54, 1.807) is 6.92 Å². The number of rotatable bonds is 8. The van der Waals surface area contributed by atoms with Crippen molar-refractivity contribution >= 4 is 21.8 Å². The van der Waals surface area contributed by atoms with Gasteiger partial charge < -0.3 is 15.4 Å². The minimum absolute atomic E-state index is 0.0973. The SMILES string of the molecule is CCNC(=O)C(C)Oc1ccc(Br)c(CNCC(C)C)c1. The van der Waals surface area contributed by atoms with Crippen LogP contribution in [0.5, 0.6) is 5.75 Å². The van der Waals surface area contributed by atoms with Crippen LogP contribution in [0.25, 0.3) is 0 Å². The van der Waals surface area contributed by atoms with Crippen molar-refractivity contribution < 1.29 is 9.53 Å². The van der Waals surface area contributed by atoms with E-state index in [4.69, 9.17) is 4.74 Å². The summed E-state index contributed by atoms with van der Waals surface area (Å²) in [5.41, 5.74) is 1.12. The highest BCUT2D eigenvalue weighted by molar-refractivity contribution is 9.10. The van der Waals surface area contributed by atoms with Crippen LogP contribution >= 0.6 is 15.9 Å². The van der Waals surface area contributed by atoms with Gasteiger partial charge in [0.25, 0.3) is 5.91 Å². The summed E-state index contributed by atoms with van der Waals surface area (Å²) in [5.74, 6) is 1.22. The molecule has 0 saturated carbocycles. The van der Waals surface area contributed by atoms with Gasteiger partial charge in [0.2, 0.25) is 0 Å². The van der Waals surface area contributed by atoms with Gasteiger partial charge >= 0.3 is 0 Å². The van der Waals surface area contributed by atoms with Gasteiger partial charge in [-0.15, -0.1) is 0 Å². The molecule has 0 fully saturated rings. The lowest BCUT2D eigenvalue weighted by atomic mass is 10.2. The molecule has 118 valence electrons. The van der Waals surface area contributed by atoms with E-state index >= 15 is 0 Å². The summed E-state index contributed by atoms with van der Waals surface area (Å²) >= 11 is 3.54. The molecule has 1 amide bonds. The molecule has 1 rings (SSSR count). The summed E-state index contributed by atoms with van der Waals surface area (Å²) in [7, 11) is 0. The monoisotopic (exact) mass is 356 g/mol. The van der Waals surface area contributed by atoms with Crippen LogP contribution in [-0.4, -0.2) is 25.1 Å². The van der Waals surface area contributed by atoms with Gasteiger partial charge in [-0.05, 0) is 50.1 Å². The highest BCUT2D eigenvalue weighted by Crippen LogP contribution is 2.23. The quantitative estimate of drug-likeness (QED) is 0.752. The maximum absolute atomic E-state index is 11.7. The standard InChI is InChI=1S/C16H25BrN2O2/c1-5-19-16(20)12(4)21-14-6-7-15(17)13(8-14)10-18-9-11(2)3/h6-8,11-12,18H,5,9-10H2,1-4H3,(H,19,20). The van der Waals surface area contributed by atoms with Crippen LogP contribution in [0.4, 0.5) is 0 Å². The van der Waals surface area contributed by atoms with Gasteiger partial charge in [-0.25, -0.2) is 0 Å². The fourth-order valence-corrected chi connectivity index (χ4v) is 2.22. The largest absolute Gasteiger partial charge is 0.481 e. The van der Waals surface area contributed by atoms with Crippen molar-refractivity contribution in [2.45, 2.75) is 40.3 Å². The fraction of sp³-hybridized carbons (Fsp3) is 0.562. The van der Waals surface area contributed by atoms with Crippen molar-refractivity contribution in [3.05, 3.63) is 28.2 Å². The number of carbonyl (C=O) groups is 1. The van der Waals surface area contributed by atoms with Crippen molar-refractivity contribution in [2.24, 2.45) is 5.92 Å². The smallest absolute Gasteiger partial charge is 0.260 e. The van der Waals surface area contributed by atoms with Crippen molar-refractivity contribution in [3.63, 3.8) is 0 Å². The molecule has 0 saturated heterocycles. The molecule has 1 atom stereocenters. The Bertz CT molecular complexity index is 464. The average Bonchev–Trinajstić information content (AvgIpc) is 2.42. The minimum atomic E-state index is -0.498. The molecule has 0 aliphatic carbocycles. The van der Waals surface area contributed by atoms with E-state index in [1.807, 2.05) is 25.1 Å². The Hall–Kier alpha value is -1.07. The predicted octanol–water partition coefficient (Wildman–Crippen LogP) is 3.10. The third-order valence-corrected chi connectivity index (χ3v) is 3.69. The maximum Gasteiger partial charge on any atom is 0.260 e. The lowest BCUT2D eigenvalue weighted by Crippen LogP contribution is -2.36. The fourth-order valence-electron chi connectivity index (χ4n) is 1.83. The zero-order valence-electron chi connectivity index (χ0n) is 13.2. The zero-order valence-corrected chi connectivity index (χ0v) is 14.8. The summed E-state index contributed by atoms with van der Waals surface area (Å²) in [6.45, 7) is 10.3. The number of hydrogen-bond acceptors (Lipinski definition) is 3. The Balaban J connectivity index is 2.65. The molecule has 0 aromatic heterocycles. The topological polar surface area (TPSA) is 50.4 Å². The first-order valence-electron chi connectivity index (χ1n) is 7.37. The van der Waals surface area contributed by atoms with Gasteiger partial charge in [-0.1, -0.05) is 29.8 Å². The van der Waals surface area contributed by atoms with Crippen LogP contribution in [0.15, 0.2) is 22.7 Å². The first kappa shape index (κ1) is 18.0. The highest BCUT2D eigenvalue weighted by Gasteiger charge is 2.14. The Morgan fingerprint density at radius 1 is 1.33 bits per heavy atom. The van der Waals surface area contributed by atoms with Crippen LogP contribution in [0.3, 0.4) is 0 Å².